The third kappa shape index (κ3) is 4.78. The molecule has 0 aliphatic heterocycles. The lowest BCUT2D eigenvalue weighted by atomic mass is 10.1. The predicted molar refractivity (Wildman–Crippen MR) is 91.5 cm³/mol. The van der Waals surface area contributed by atoms with Crippen LogP contribution in [0.1, 0.15) is 36.2 Å². The minimum atomic E-state index is -0.291. The molecule has 2 rings (SSSR count). The number of nitrogens with zero attached hydrogens (tertiary/aromatic N) is 1. The fraction of sp³-hybridized carbons (Fsp3) is 0.167. The van der Waals surface area contributed by atoms with Gasteiger partial charge in [-0.25, -0.2) is 5.43 Å². The van der Waals surface area contributed by atoms with E-state index >= 15 is 0 Å². The molecule has 5 heteroatoms. The van der Waals surface area contributed by atoms with Crippen LogP contribution in [0.4, 0.5) is 5.69 Å². The first-order valence-corrected chi connectivity index (χ1v) is 7.40. The molecule has 2 amide bonds. The molecule has 2 N–H and O–H groups in total. The Bertz CT molecular complexity index is 707. The van der Waals surface area contributed by atoms with Gasteiger partial charge in [-0.3, -0.25) is 9.59 Å². The molecule has 0 aromatic heterocycles. The van der Waals surface area contributed by atoms with E-state index in [9.17, 15) is 9.59 Å². The highest BCUT2D eigenvalue weighted by atomic mass is 16.2. The second-order valence-electron chi connectivity index (χ2n) is 4.98. The monoisotopic (exact) mass is 309 g/mol. The zero-order valence-corrected chi connectivity index (χ0v) is 13.2. The number of anilines is 1. The number of rotatable bonds is 5. The van der Waals surface area contributed by atoms with E-state index in [0.717, 1.165) is 11.3 Å². The summed E-state index contributed by atoms with van der Waals surface area (Å²) in [6.07, 6.45) is 0.714. The third-order valence-electron chi connectivity index (χ3n) is 3.20. The largest absolute Gasteiger partial charge is 0.326 e. The number of nitrogens with one attached hydrogen (secondary N) is 2. The number of amides is 2. The number of hydrogen-bond acceptors (Lipinski definition) is 3. The maximum atomic E-state index is 12.1. The molecule has 2 aromatic carbocycles. The summed E-state index contributed by atoms with van der Waals surface area (Å²) >= 11 is 0. The maximum absolute atomic E-state index is 12.1. The highest BCUT2D eigenvalue weighted by molar-refractivity contribution is 6.02. The van der Waals surface area contributed by atoms with E-state index in [1.54, 1.807) is 24.3 Å². The summed E-state index contributed by atoms with van der Waals surface area (Å²) in [5, 5.41) is 6.86. The molecule has 118 valence electrons. The summed E-state index contributed by atoms with van der Waals surface area (Å²) in [7, 11) is 0. The van der Waals surface area contributed by atoms with Crippen LogP contribution in [0.5, 0.6) is 0 Å². The third-order valence-corrected chi connectivity index (χ3v) is 3.20. The van der Waals surface area contributed by atoms with Gasteiger partial charge in [0.15, 0.2) is 0 Å². The number of hydrogen-bond donors (Lipinski definition) is 2. The molecule has 0 saturated heterocycles. The van der Waals surface area contributed by atoms with Crippen molar-refractivity contribution in [3.05, 3.63) is 65.7 Å². The first-order valence-electron chi connectivity index (χ1n) is 7.40. The van der Waals surface area contributed by atoms with Crippen molar-refractivity contribution in [2.45, 2.75) is 20.3 Å². The smallest absolute Gasteiger partial charge is 0.271 e. The Labute approximate surface area is 135 Å². The van der Waals surface area contributed by atoms with Crippen LogP contribution in [0, 0.1) is 0 Å². The van der Waals surface area contributed by atoms with E-state index in [-0.39, 0.29) is 11.8 Å². The number of carbonyl (C=O) groups excluding carboxylic acids is 2. The molecule has 0 atom stereocenters. The second kappa shape index (κ2) is 7.89. The highest BCUT2D eigenvalue weighted by Gasteiger charge is 2.06. The van der Waals surface area contributed by atoms with Crippen molar-refractivity contribution in [3.63, 3.8) is 0 Å². The molecule has 23 heavy (non-hydrogen) atoms. The van der Waals surface area contributed by atoms with Crippen molar-refractivity contribution in [1.82, 2.24) is 5.43 Å². The topological polar surface area (TPSA) is 70.6 Å². The van der Waals surface area contributed by atoms with E-state index < -0.39 is 0 Å². The minimum Gasteiger partial charge on any atom is -0.326 e. The van der Waals surface area contributed by atoms with Crippen LogP contribution < -0.4 is 10.7 Å². The zero-order chi connectivity index (χ0) is 16.7. The van der Waals surface area contributed by atoms with Crippen molar-refractivity contribution < 1.29 is 9.59 Å². The lowest BCUT2D eigenvalue weighted by Crippen LogP contribution is -2.20. The fourth-order valence-corrected chi connectivity index (χ4v) is 2.07. The van der Waals surface area contributed by atoms with E-state index in [4.69, 9.17) is 0 Å². The molecule has 0 aliphatic carbocycles. The van der Waals surface area contributed by atoms with Crippen LogP contribution in [0.15, 0.2) is 59.7 Å². The van der Waals surface area contributed by atoms with E-state index in [1.807, 2.05) is 37.3 Å². The van der Waals surface area contributed by atoms with Gasteiger partial charge in [0.05, 0.1) is 5.71 Å². The molecule has 0 heterocycles. The highest BCUT2D eigenvalue weighted by Crippen LogP contribution is 2.10. The lowest BCUT2D eigenvalue weighted by Gasteiger charge is -2.06. The average molecular weight is 309 g/mol. The summed E-state index contributed by atoms with van der Waals surface area (Å²) in [6, 6.07) is 16.4. The van der Waals surface area contributed by atoms with Crippen LogP contribution in [0.3, 0.4) is 0 Å². The molecule has 0 unspecified atom stereocenters. The van der Waals surface area contributed by atoms with Gasteiger partial charge in [-0.15, -0.1) is 0 Å². The number of carbonyl (C=O) groups is 2. The summed E-state index contributed by atoms with van der Waals surface area (Å²) in [6.45, 7) is 3.42. The Morgan fingerprint density at radius 1 is 0.957 bits per heavy atom. The molecule has 0 spiro atoms. The lowest BCUT2D eigenvalue weighted by molar-refractivity contribution is -0.114. The van der Waals surface area contributed by atoms with Crippen molar-refractivity contribution >= 4 is 23.2 Å². The summed E-state index contributed by atoms with van der Waals surface area (Å²) < 4.78 is 0. The van der Waals surface area contributed by atoms with Gasteiger partial charge in [-0.05, 0) is 36.2 Å². The number of hydrazone groups is 1. The van der Waals surface area contributed by atoms with Gasteiger partial charge in [0.25, 0.3) is 5.91 Å². The van der Waals surface area contributed by atoms with Gasteiger partial charge in [0.2, 0.25) is 5.91 Å². The van der Waals surface area contributed by atoms with Gasteiger partial charge >= 0.3 is 0 Å². The zero-order valence-electron chi connectivity index (χ0n) is 13.2. The first kappa shape index (κ1) is 16.4. The van der Waals surface area contributed by atoms with Crippen LogP contribution in [0.25, 0.3) is 0 Å². The molecule has 0 saturated carbocycles. The Morgan fingerprint density at radius 2 is 1.61 bits per heavy atom. The molecule has 0 fully saturated rings. The van der Waals surface area contributed by atoms with Crippen LogP contribution in [-0.2, 0) is 4.79 Å². The second-order valence-corrected chi connectivity index (χ2v) is 4.98. The van der Waals surface area contributed by atoms with Gasteiger partial charge in [0, 0.05) is 18.2 Å². The van der Waals surface area contributed by atoms with Crippen LogP contribution in [0.2, 0.25) is 0 Å². The molecule has 5 nitrogen and oxygen atoms in total. The Morgan fingerprint density at radius 3 is 2.17 bits per heavy atom. The van der Waals surface area contributed by atoms with Crippen molar-refractivity contribution in [2.24, 2.45) is 5.10 Å². The van der Waals surface area contributed by atoms with Crippen LogP contribution >= 0.6 is 0 Å². The van der Waals surface area contributed by atoms with E-state index in [1.165, 1.54) is 6.92 Å². The van der Waals surface area contributed by atoms with Gasteiger partial charge in [-0.2, -0.15) is 5.10 Å². The van der Waals surface area contributed by atoms with Crippen LogP contribution in [-0.4, -0.2) is 17.5 Å². The van der Waals surface area contributed by atoms with Gasteiger partial charge in [0.1, 0.15) is 0 Å². The van der Waals surface area contributed by atoms with Gasteiger partial charge < -0.3 is 5.32 Å². The maximum Gasteiger partial charge on any atom is 0.271 e. The Kier molecular flexibility index (Phi) is 5.63. The average Bonchev–Trinajstić information content (AvgIpc) is 2.56. The van der Waals surface area contributed by atoms with Crippen molar-refractivity contribution in [2.75, 3.05) is 5.32 Å². The van der Waals surface area contributed by atoms with Crippen molar-refractivity contribution in [3.8, 4) is 0 Å². The standard InChI is InChI=1S/C18H19N3O2/c1-3-17(14-7-5-4-6-8-14)20-21-18(23)15-9-11-16(12-10-15)19-13(2)22/h4-12H,3H2,1-2H3,(H,19,22)(H,21,23)/b20-17+. The quantitative estimate of drug-likeness (QED) is 0.658. The minimum absolute atomic E-state index is 0.151. The summed E-state index contributed by atoms with van der Waals surface area (Å²) in [4.78, 5) is 23.1. The molecule has 2 aromatic rings. The fourth-order valence-electron chi connectivity index (χ4n) is 2.07. The number of benzene rings is 2. The van der Waals surface area contributed by atoms with Gasteiger partial charge in [-0.1, -0.05) is 37.3 Å². The van der Waals surface area contributed by atoms with E-state index in [0.29, 0.717) is 17.7 Å². The predicted octanol–water partition coefficient (Wildman–Crippen LogP) is 3.19. The molecule has 0 bridgehead atoms. The SMILES string of the molecule is CC/C(=N\NC(=O)c1ccc(NC(C)=O)cc1)c1ccccc1. The summed E-state index contributed by atoms with van der Waals surface area (Å²) in [5.74, 6) is -0.441. The Balaban J connectivity index is 2.06. The first-order chi connectivity index (χ1) is 11.1. The molecular formula is C18H19N3O2. The summed E-state index contributed by atoms with van der Waals surface area (Å²) in [5.41, 5.74) is 5.49. The molecule has 0 radical (unpaired) electrons. The van der Waals surface area contributed by atoms with E-state index in [2.05, 4.69) is 15.8 Å². The Hall–Kier alpha value is -2.95. The van der Waals surface area contributed by atoms with Crippen molar-refractivity contribution in [1.29, 1.82) is 0 Å². The normalized spacial score (nSPS) is 11.0. The molecular weight excluding hydrogens is 290 g/mol. The molecule has 0 aliphatic rings.